The Kier molecular flexibility index (Phi) is 2.95. The van der Waals surface area contributed by atoms with Crippen molar-refractivity contribution in [2.75, 3.05) is 5.32 Å². The van der Waals surface area contributed by atoms with Crippen LogP contribution in [-0.2, 0) is 4.79 Å². The van der Waals surface area contributed by atoms with Crippen LogP contribution in [0.1, 0.15) is 30.1 Å². The van der Waals surface area contributed by atoms with Crippen LogP contribution < -0.4 is 11.1 Å². The van der Waals surface area contributed by atoms with Gasteiger partial charge in [-0.05, 0) is 31.5 Å². The summed E-state index contributed by atoms with van der Waals surface area (Å²) < 4.78 is 0. The Balaban J connectivity index is 2.22. The first kappa shape index (κ1) is 11.4. The molecule has 0 radical (unpaired) electrons. The highest BCUT2D eigenvalue weighted by Gasteiger charge is 2.19. The lowest BCUT2D eigenvalue weighted by Crippen LogP contribution is -2.11. The quantitative estimate of drug-likeness (QED) is 0.832. The molecular weight excluding hydrogens is 216 g/mol. The predicted molar refractivity (Wildman–Crippen MR) is 65.5 cm³/mol. The van der Waals surface area contributed by atoms with E-state index in [9.17, 15) is 9.59 Å². The minimum absolute atomic E-state index is 0.179. The number of ketones is 1. The molecule has 0 saturated heterocycles. The van der Waals surface area contributed by atoms with E-state index in [1.165, 1.54) is 0 Å². The minimum Gasteiger partial charge on any atom is -0.366 e. The lowest BCUT2D eigenvalue weighted by atomic mass is 10.2. The Bertz CT molecular complexity index is 518. The molecule has 0 unspecified atom stereocenters. The molecule has 1 aliphatic carbocycles. The maximum absolute atomic E-state index is 11.4. The number of hydrogen-bond acceptors (Lipinski definition) is 3. The third-order valence-corrected chi connectivity index (χ3v) is 2.92. The molecule has 0 bridgehead atoms. The maximum atomic E-state index is 11.4. The SMILES string of the molecule is CC1=C(Nc2cccc(C(N)=O)c2)CCC1=O. The maximum Gasteiger partial charge on any atom is 0.248 e. The zero-order valence-corrected chi connectivity index (χ0v) is 9.62. The van der Waals surface area contributed by atoms with E-state index in [0.29, 0.717) is 12.0 Å². The molecule has 4 heteroatoms. The Labute approximate surface area is 99.5 Å². The summed E-state index contributed by atoms with van der Waals surface area (Å²) in [7, 11) is 0. The summed E-state index contributed by atoms with van der Waals surface area (Å²) in [6, 6.07) is 6.95. The van der Waals surface area contributed by atoms with Gasteiger partial charge in [0.15, 0.2) is 5.78 Å². The molecule has 0 fully saturated rings. The number of anilines is 1. The van der Waals surface area contributed by atoms with E-state index in [0.717, 1.165) is 23.4 Å². The van der Waals surface area contributed by atoms with Crippen LogP contribution in [0, 0.1) is 0 Å². The molecule has 0 heterocycles. The normalized spacial score (nSPS) is 15.2. The number of allylic oxidation sites excluding steroid dienone is 2. The van der Waals surface area contributed by atoms with Gasteiger partial charge < -0.3 is 11.1 Å². The monoisotopic (exact) mass is 230 g/mol. The average molecular weight is 230 g/mol. The van der Waals surface area contributed by atoms with Crippen molar-refractivity contribution in [2.45, 2.75) is 19.8 Å². The molecule has 0 saturated carbocycles. The number of carbonyl (C=O) groups is 2. The molecule has 0 aromatic heterocycles. The van der Waals surface area contributed by atoms with Gasteiger partial charge in [0.1, 0.15) is 0 Å². The second-order valence-corrected chi connectivity index (χ2v) is 4.10. The Morgan fingerprint density at radius 2 is 2.12 bits per heavy atom. The van der Waals surface area contributed by atoms with E-state index in [1.54, 1.807) is 18.2 Å². The lowest BCUT2D eigenvalue weighted by Gasteiger charge is -2.08. The molecule has 2 rings (SSSR count). The molecule has 4 nitrogen and oxygen atoms in total. The molecule has 3 N–H and O–H groups in total. The van der Waals surface area contributed by atoms with Gasteiger partial charge in [-0.25, -0.2) is 0 Å². The first-order valence-electron chi connectivity index (χ1n) is 5.48. The van der Waals surface area contributed by atoms with Crippen molar-refractivity contribution in [3.05, 3.63) is 41.1 Å². The fraction of sp³-hybridized carbons (Fsp3) is 0.231. The Morgan fingerprint density at radius 3 is 2.71 bits per heavy atom. The number of nitrogens with one attached hydrogen (secondary N) is 1. The lowest BCUT2D eigenvalue weighted by molar-refractivity contribution is -0.114. The Morgan fingerprint density at radius 1 is 1.35 bits per heavy atom. The highest BCUT2D eigenvalue weighted by atomic mass is 16.1. The molecule has 0 atom stereocenters. The van der Waals surface area contributed by atoms with Crippen LogP contribution >= 0.6 is 0 Å². The summed E-state index contributed by atoms with van der Waals surface area (Å²) in [5, 5.41) is 3.17. The topological polar surface area (TPSA) is 72.2 Å². The van der Waals surface area contributed by atoms with E-state index in [-0.39, 0.29) is 5.78 Å². The number of Topliss-reactive ketones (excluding diaryl/α,β-unsaturated/α-hetero) is 1. The fourth-order valence-corrected chi connectivity index (χ4v) is 1.86. The molecule has 1 aliphatic rings. The van der Waals surface area contributed by atoms with Crippen LogP contribution in [0.2, 0.25) is 0 Å². The van der Waals surface area contributed by atoms with Gasteiger partial charge >= 0.3 is 0 Å². The smallest absolute Gasteiger partial charge is 0.248 e. The number of hydrogen-bond donors (Lipinski definition) is 2. The number of nitrogens with two attached hydrogens (primary N) is 1. The van der Waals surface area contributed by atoms with Crippen LogP contribution in [-0.4, -0.2) is 11.7 Å². The number of carbonyl (C=O) groups excluding carboxylic acids is 2. The van der Waals surface area contributed by atoms with Crippen LogP contribution in [0.5, 0.6) is 0 Å². The van der Waals surface area contributed by atoms with Crippen LogP contribution in [0.15, 0.2) is 35.5 Å². The van der Waals surface area contributed by atoms with Crippen molar-refractivity contribution in [1.82, 2.24) is 0 Å². The van der Waals surface area contributed by atoms with E-state index < -0.39 is 5.91 Å². The first-order valence-corrected chi connectivity index (χ1v) is 5.48. The fourth-order valence-electron chi connectivity index (χ4n) is 1.86. The van der Waals surface area contributed by atoms with E-state index in [1.807, 2.05) is 13.0 Å². The van der Waals surface area contributed by atoms with E-state index in [2.05, 4.69) is 5.32 Å². The largest absolute Gasteiger partial charge is 0.366 e. The zero-order valence-electron chi connectivity index (χ0n) is 9.62. The van der Waals surface area contributed by atoms with Gasteiger partial charge in [0.05, 0.1) is 0 Å². The third kappa shape index (κ3) is 2.36. The number of amides is 1. The van der Waals surface area contributed by atoms with Gasteiger partial charge in [0.25, 0.3) is 0 Å². The van der Waals surface area contributed by atoms with Gasteiger partial charge in [0.2, 0.25) is 5.91 Å². The molecule has 17 heavy (non-hydrogen) atoms. The van der Waals surface area contributed by atoms with Crippen molar-refractivity contribution in [3.63, 3.8) is 0 Å². The molecule has 0 aliphatic heterocycles. The van der Waals surface area contributed by atoms with Crippen LogP contribution in [0.4, 0.5) is 5.69 Å². The van der Waals surface area contributed by atoms with E-state index in [4.69, 9.17) is 5.73 Å². The van der Waals surface area contributed by atoms with Crippen LogP contribution in [0.25, 0.3) is 0 Å². The van der Waals surface area contributed by atoms with Crippen molar-refractivity contribution in [3.8, 4) is 0 Å². The highest BCUT2D eigenvalue weighted by molar-refractivity contribution is 5.99. The molecule has 88 valence electrons. The van der Waals surface area contributed by atoms with E-state index >= 15 is 0 Å². The number of rotatable bonds is 3. The first-order chi connectivity index (χ1) is 8.08. The summed E-state index contributed by atoms with van der Waals surface area (Å²) in [6.45, 7) is 1.82. The molecule has 0 spiro atoms. The highest BCUT2D eigenvalue weighted by Crippen LogP contribution is 2.24. The second kappa shape index (κ2) is 4.41. The predicted octanol–water partition coefficient (Wildman–Crippen LogP) is 1.83. The van der Waals surface area contributed by atoms with Crippen molar-refractivity contribution in [1.29, 1.82) is 0 Å². The minimum atomic E-state index is -0.457. The van der Waals surface area contributed by atoms with Gasteiger partial charge in [-0.1, -0.05) is 6.07 Å². The zero-order chi connectivity index (χ0) is 12.4. The van der Waals surface area contributed by atoms with Gasteiger partial charge in [-0.2, -0.15) is 0 Å². The van der Waals surface area contributed by atoms with Crippen molar-refractivity contribution in [2.24, 2.45) is 5.73 Å². The van der Waals surface area contributed by atoms with Crippen molar-refractivity contribution >= 4 is 17.4 Å². The summed E-state index contributed by atoms with van der Waals surface area (Å²) in [5.41, 5.74) is 8.15. The summed E-state index contributed by atoms with van der Waals surface area (Å²) >= 11 is 0. The number of benzene rings is 1. The van der Waals surface area contributed by atoms with Crippen molar-refractivity contribution < 1.29 is 9.59 Å². The van der Waals surface area contributed by atoms with Gasteiger partial charge in [0, 0.05) is 28.9 Å². The number of primary amides is 1. The molecule has 1 amide bonds. The molecule has 1 aromatic carbocycles. The van der Waals surface area contributed by atoms with Gasteiger partial charge in [-0.15, -0.1) is 0 Å². The Hall–Kier alpha value is -2.10. The summed E-state index contributed by atoms with van der Waals surface area (Å²) in [5.74, 6) is -0.277. The molecular formula is C13H14N2O2. The second-order valence-electron chi connectivity index (χ2n) is 4.10. The average Bonchev–Trinajstić information content (AvgIpc) is 2.61. The third-order valence-electron chi connectivity index (χ3n) is 2.92. The summed E-state index contributed by atoms with van der Waals surface area (Å²) in [6.07, 6.45) is 1.29. The standard InChI is InChI=1S/C13H14N2O2/c1-8-11(5-6-12(8)16)15-10-4-2-3-9(7-10)13(14)17/h2-4,7,15H,5-6H2,1H3,(H2,14,17). The van der Waals surface area contributed by atoms with Gasteiger partial charge in [-0.3, -0.25) is 9.59 Å². The molecule has 1 aromatic rings. The van der Waals surface area contributed by atoms with Crippen LogP contribution in [0.3, 0.4) is 0 Å². The summed E-state index contributed by atoms with van der Waals surface area (Å²) in [4.78, 5) is 22.4.